The van der Waals surface area contributed by atoms with Crippen molar-refractivity contribution < 1.29 is 9.90 Å². The van der Waals surface area contributed by atoms with Crippen molar-refractivity contribution in [2.24, 2.45) is 5.92 Å². The maximum Gasteiger partial charge on any atom is 0.404 e. The quantitative estimate of drug-likeness (QED) is 0.784. The smallest absolute Gasteiger partial charge is 0.404 e. The Morgan fingerprint density at radius 1 is 1.30 bits per heavy atom. The predicted molar refractivity (Wildman–Crippen MR) is 88.5 cm³/mol. The van der Waals surface area contributed by atoms with Gasteiger partial charge in [-0.3, -0.25) is 0 Å². The molecule has 1 atom stereocenters. The van der Waals surface area contributed by atoms with E-state index in [-0.39, 0.29) is 6.04 Å². The fourth-order valence-corrected chi connectivity index (χ4v) is 3.72. The Hall–Kier alpha value is -2.05. The van der Waals surface area contributed by atoms with E-state index in [0.717, 1.165) is 30.9 Å². The molecule has 1 saturated carbocycles. The third-order valence-electron chi connectivity index (χ3n) is 4.85. The van der Waals surface area contributed by atoms with Gasteiger partial charge < -0.3 is 21.1 Å². The molecule has 1 unspecified atom stereocenters. The van der Waals surface area contributed by atoms with Gasteiger partial charge in [-0.1, -0.05) is 32.1 Å². The molecular formula is C16H25N5O2. The molecule has 2 aliphatic rings. The zero-order valence-electron chi connectivity index (χ0n) is 13.4. The Bertz CT molecular complexity index is 559. The summed E-state index contributed by atoms with van der Waals surface area (Å²) in [5.41, 5.74) is 6.90. The Morgan fingerprint density at radius 3 is 2.83 bits per heavy atom. The molecule has 2 heterocycles. The number of nitrogens with one attached hydrogen (secondary N) is 1. The van der Waals surface area contributed by atoms with Gasteiger partial charge in [-0.25, -0.2) is 9.78 Å². The summed E-state index contributed by atoms with van der Waals surface area (Å²) in [6, 6.07) is 1.97. The number of carbonyl (C=O) groups is 1. The van der Waals surface area contributed by atoms with Crippen LogP contribution in [-0.4, -0.2) is 40.3 Å². The molecule has 7 heteroatoms. The molecule has 1 aliphatic heterocycles. The van der Waals surface area contributed by atoms with E-state index in [9.17, 15) is 4.79 Å². The van der Waals surface area contributed by atoms with Crippen LogP contribution in [0.3, 0.4) is 0 Å². The Kier molecular flexibility index (Phi) is 4.83. The van der Waals surface area contributed by atoms with E-state index in [1.54, 1.807) is 0 Å². The molecule has 1 saturated heterocycles. The van der Waals surface area contributed by atoms with E-state index >= 15 is 0 Å². The lowest BCUT2D eigenvalue weighted by Gasteiger charge is -2.22. The van der Waals surface area contributed by atoms with Crippen LogP contribution < -0.4 is 16.0 Å². The fourth-order valence-electron chi connectivity index (χ4n) is 3.72. The zero-order chi connectivity index (χ0) is 16.2. The number of amides is 1. The number of hydrogen-bond donors (Lipinski definition) is 3. The summed E-state index contributed by atoms with van der Waals surface area (Å²) >= 11 is 0. The average Bonchev–Trinajstić information content (AvgIpc) is 2.95. The first-order valence-electron chi connectivity index (χ1n) is 8.48. The lowest BCUT2D eigenvalue weighted by Crippen LogP contribution is -2.36. The first-order chi connectivity index (χ1) is 11.1. The highest BCUT2D eigenvalue weighted by atomic mass is 16.4. The van der Waals surface area contributed by atoms with Gasteiger partial charge in [0.15, 0.2) is 0 Å². The van der Waals surface area contributed by atoms with Crippen LogP contribution in [-0.2, 0) is 6.42 Å². The van der Waals surface area contributed by atoms with E-state index < -0.39 is 6.09 Å². The van der Waals surface area contributed by atoms with Gasteiger partial charge in [-0.15, -0.1) is 0 Å². The first kappa shape index (κ1) is 15.8. The van der Waals surface area contributed by atoms with Crippen molar-refractivity contribution in [3.63, 3.8) is 0 Å². The monoisotopic (exact) mass is 319 g/mol. The Morgan fingerprint density at radius 2 is 2.09 bits per heavy atom. The highest BCUT2D eigenvalue weighted by molar-refractivity contribution is 5.65. The number of nitrogens with zero attached hydrogens (tertiary/aromatic N) is 3. The molecule has 0 spiro atoms. The van der Waals surface area contributed by atoms with E-state index in [2.05, 4.69) is 20.2 Å². The molecule has 2 fully saturated rings. The molecule has 7 nitrogen and oxygen atoms in total. The minimum atomic E-state index is -0.975. The van der Waals surface area contributed by atoms with E-state index in [4.69, 9.17) is 10.8 Å². The number of rotatable bonds is 4. The molecule has 1 amide bonds. The lowest BCUT2D eigenvalue weighted by atomic mass is 9.86. The van der Waals surface area contributed by atoms with E-state index in [1.807, 2.05) is 6.07 Å². The normalized spacial score (nSPS) is 22.3. The van der Waals surface area contributed by atoms with Gasteiger partial charge in [-0.2, -0.15) is 4.98 Å². The molecule has 4 N–H and O–H groups in total. The highest BCUT2D eigenvalue weighted by Gasteiger charge is 2.25. The van der Waals surface area contributed by atoms with Crippen LogP contribution in [0.4, 0.5) is 16.6 Å². The van der Waals surface area contributed by atoms with Crippen molar-refractivity contribution in [3.05, 3.63) is 11.8 Å². The van der Waals surface area contributed by atoms with Gasteiger partial charge in [-0.05, 0) is 18.8 Å². The number of nitrogen functional groups attached to an aromatic ring is 1. The van der Waals surface area contributed by atoms with Crippen molar-refractivity contribution >= 4 is 17.9 Å². The van der Waals surface area contributed by atoms with Crippen LogP contribution in [0, 0.1) is 5.92 Å². The van der Waals surface area contributed by atoms with Crippen molar-refractivity contribution in [3.8, 4) is 0 Å². The van der Waals surface area contributed by atoms with Crippen LogP contribution in [0.5, 0.6) is 0 Å². The summed E-state index contributed by atoms with van der Waals surface area (Å²) in [5, 5.41) is 11.4. The minimum absolute atomic E-state index is 0.0505. The maximum absolute atomic E-state index is 10.8. The van der Waals surface area contributed by atoms with Gasteiger partial charge in [0.1, 0.15) is 5.82 Å². The van der Waals surface area contributed by atoms with Gasteiger partial charge in [0, 0.05) is 24.8 Å². The largest absolute Gasteiger partial charge is 0.465 e. The number of anilines is 2. The number of hydrogen-bond acceptors (Lipinski definition) is 5. The molecule has 0 radical (unpaired) electrons. The molecule has 0 bridgehead atoms. The van der Waals surface area contributed by atoms with Crippen LogP contribution in [0.1, 0.15) is 44.2 Å². The van der Waals surface area contributed by atoms with Gasteiger partial charge >= 0.3 is 6.09 Å². The first-order valence-corrected chi connectivity index (χ1v) is 8.48. The number of carboxylic acid groups (broad SMARTS) is 1. The molecule has 1 aromatic rings. The van der Waals surface area contributed by atoms with Crippen LogP contribution in [0.15, 0.2) is 6.07 Å². The molecule has 0 aromatic carbocycles. The number of nitrogens with two attached hydrogens (primary N) is 1. The maximum atomic E-state index is 10.8. The molecule has 1 aromatic heterocycles. The fraction of sp³-hybridized carbons (Fsp3) is 0.688. The highest BCUT2D eigenvalue weighted by Crippen LogP contribution is 2.28. The summed E-state index contributed by atoms with van der Waals surface area (Å²) in [6.07, 6.45) is 7.29. The van der Waals surface area contributed by atoms with Crippen LogP contribution >= 0.6 is 0 Å². The Labute approximate surface area is 136 Å². The third-order valence-corrected chi connectivity index (χ3v) is 4.85. The average molecular weight is 319 g/mol. The summed E-state index contributed by atoms with van der Waals surface area (Å²) in [6.45, 7) is 1.41. The van der Waals surface area contributed by atoms with E-state index in [0.29, 0.717) is 18.4 Å². The lowest BCUT2D eigenvalue weighted by molar-refractivity contribution is 0.191. The van der Waals surface area contributed by atoms with Gasteiger partial charge in [0.05, 0.1) is 6.04 Å². The van der Waals surface area contributed by atoms with Crippen molar-refractivity contribution in [2.75, 3.05) is 23.7 Å². The molecule has 126 valence electrons. The van der Waals surface area contributed by atoms with Gasteiger partial charge in [0.25, 0.3) is 0 Å². The second-order valence-electron chi connectivity index (χ2n) is 6.66. The SMILES string of the molecule is Nc1nc(CC2CCCCC2)cc(N2CCC(NC(=O)O)C2)n1. The summed E-state index contributed by atoms with van der Waals surface area (Å²) < 4.78 is 0. The minimum Gasteiger partial charge on any atom is -0.465 e. The van der Waals surface area contributed by atoms with Gasteiger partial charge in [0.2, 0.25) is 5.95 Å². The molecule has 23 heavy (non-hydrogen) atoms. The predicted octanol–water partition coefficient (Wildman–Crippen LogP) is 2.03. The van der Waals surface area contributed by atoms with E-state index in [1.165, 1.54) is 32.1 Å². The van der Waals surface area contributed by atoms with Crippen LogP contribution in [0.2, 0.25) is 0 Å². The van der Waals surface area contributed by atoms with Crippen molar-refractivity contribution in [1.82, 2.24) is 15.3 Å². The molecule has 1 aliphatic carbocycles. The summed E-state index contributed by atoms with van der Waals surface area (Å²) in [7, 11) is 0. The molecular weight excluding hydrogens is 294 g/mol. The zero-order valence-corrected chi connectivity index (χ0v) is 13.4. The topological polar surface area (TPSA) is 104 Å². The standard InChI is InChI=1S/C16H25N5O2/c17-15-18-13(8-11-4-2-1-3-5-11)9-14(20-15)21-7-6-12(10-21)19-16(22)23/h9,11-12,19H,1-8,10H2,(H,22,23)(H2,17,18,20). The summed E-state index contributed by atoms with van der Waals surface area (Å²) in [5.74, 6) is 1.83. The summed E-state index contributed by atoms with van der Waals surface area (Å²) in [4.78, 5) is 21.6. The van der Waals surface area contributed by atoms with Crippen molar-refractivity contribution in [2.45, 2.75) is 51.0 Å². The second-order valence-corrected chi connectivity index (χ2v) is 6.66. The van der Waals surface area contributed by atoms with Crippen molar-refractivity contribution in [1.29, 1.82) is 0 Å². The number of aromatic nitrogens is 2. The van der Waals surface area contributed by atoms with Crippen LogP contribution in [0.25, 0.3) is 0 Å². The second kappa shape index (κ2) is 7.02. The Balaban J connectivity index is 1.66. The molecule has 3 rings (SSSR count). The third kappa shape index (κ3) is 4.24.